The van der Waals surface area contributed by atoms with Crippen LogP contribution in [0.5, 0.6) is 11.5 Å². The summed E-state index contributed by atoms with van der Waals surface area (Å²) < 4.78 is 1.54. The Morgan fingerprint density at radius 3 is 2.29 bits per heavy atom. The van der Waals surface area contributed by atoms with Crippen molar-refractivity contribution in [1.82, 2.24) is 14.8 Å². The van der Waals surface area contributed by atoms with Gasteiger partial charge in [-0.25, -0.2) is 0 Å². The van der Waals surface area contributed by atoms with E-state index in [0.717, 1.165) is 30.3 Å². The van der Waals surface area contributed by atoms with Gasteiger partial charge in [-0.1, -0.05) is 13.8 Å². The van der Waals surface area contributed by atoms with Crippen LogP contribution < -0.4 is 10.6 Å². The number of aromatic hydroxyl groups is 2. The van der Waals surface area contributed by atoms with Crippen molar-refractivity contribution in [3.05, 3.63) is 47.8 Å². The highest BCUT2D eigenvalue weighted by Gasteiger charge is 2.23. The number of nitrogens with two attached hydrogens (primary N) is 1. The highest BCUT2D eigenvalue weighted by molar-refractivity contribution is 7.99. The molecule has 0 unspecified atom stereocenters. The maximum atomic E-state index is 12.1. The number of carbonyl (C=O) groups excluding carboxylic acids is 1. The number of anilines is 1. The van der Waals surface area contributed by atoms with E-state index in [0.29, 0.717) is 16.8 Å². The number of aromatic nitrogens is 3. The van der Waals surface area contributed by atoms with Gasteiger partial charge in [0.2, 0.25) is 5.82 Å². The fraction of sp³-hybridized carbons (Fsp3) is 0.318. The molecule has 1 amide bonds. The van der Waals surface area contributed by atoms with Gasteiger partial charge in [-0.3, -0.25) is 9.36 Å². The predicted molar refractivity (Wildman–Crippen MR) is 122 cm³/mol. The molecule has 0 bridgehead atoms. The van der Waals surface area contributed by atoms with Gasteiger partial charge in [0.05, 0.1) is 5.56 Å². The van der Waals surface area contributed by atoms with Crippen LogP contribution in [-0.4, -0.2) is 55.5 Å². The van der Waals surface area contributed by atoms with Gasteiger partial charge in [-0.2, -0.15) is 11.8 Å². The molecule has 4 rings (SSSR count). The van der Waals surface area contributed by atoms with Gasteiger partial charge in [0, 0.05) is 42.0 Å². The van der Waals surface area contributed by atoms with Crippen LogP contribution in [0.1, 0.15) is 35.9 Å². The van der Waals surface area contributed by atoms with Crippen LogP contribution in [0.4, 0.5) is 5.69 Å². The lowest BCUT2D eigenvalue weighted by molar-refractivity contribution is 0.0988. The van der Waals surface area contributed by atoms with Crippen LogP contribution in [0.25, 0.3) is 17.1 Å². The first-order valence-corrected chi connectivity index (χ1v) is 11.3. The summed E-state index contributed by atoms with van der Waals surface area (Å²) in [4.78, 5) is 14.4. The van der Waals surface area contributed by atoms with Crippen molar-refractivity contribution in [2.75, 3.05) is 29.5 Å². The van der Waals surface area contributed by atoms with Crippen molar-refractivity contribution in [2.24, 2.45) is 5.73 Å². The molecular formula is C22H25N5O3S. The van der Waals surface area contributed by atoms with E-state index in [9.17, 15) is 15.0 Å². The number of phenols is 2. The maximum Gasteiger partial charge on any atom is 0.287 e. The number of hydrogen-bond acceptors (Lipinski definition) is 7. The number of primary amides is 1. The number of phenolic OH excluding ortho intramolecular Hbond substituents is 2. The average Bonchev–Trinajstić information content (AvgIpc) is 3.19. The molecule has 1 saturated heterocycles. The van der Waals surface area contributed by atoms with Crippen molar-refractivity contribution in [3.8, 4) is 28.6 Å². The van der Waals surface area contributed by atoms with Crippen LogP contribution >= 0.6 is 11.8 Å². The molecule has 1 aromatic heterocycles. The fourth-order valence-corrected chi connectivity index (χ4v) is 4.64. The molecule has 31 heavy (non-hydrogen) atoms. The Morgan fingerprint density at radius 2 is 1.68 bits per heavy atom. The third kappa shape index (κ3) is 4.05. The van der Waals surface area contributed by atoms with Gasteiger partial charge in [-0.15, -0.1) is 10.2 Å². The number of rotatable bonds is 5. The Balaban J connectivity index is 1.81. The topological polar surface area (TPSA) is 118 Å². The number of hydrogen-bond donors (Lipinski definition) is 3. The second kappa shape index (κ2) is 8.50. The van der Waals surface area contributed by atoms with Crippen LogP contribution in [0.3, 0.4) is 0 Å². The zero-order valence-corrected chi connectivity index (χ0v) is 18.3. The number of benzene rings is 2. The van der Waals surface area contributed by atoms with Crippen molar-refractivity contribution < 1.29 is 15.0 Å². The summed E-state index contributed by atoms with van der Waals surface area (Å²) in [6, 6.07) is 10.7. The second-order valence-corrected chi connectivity index (χ2v) is 8.97. The third-order valence-corrected chi connectivity index (χ3v) is 6.32. The summed E-state index contributed by atoms with van der Waals surface area (Å²) in [5.41, 5.74) is 8.33. The summed E-state index contributed by atoms with van der Waals surface area (Å²) in [5, 5.41) is 28.8. The van der Waals surface area contributed by atoms with Gasteiger partial charge in [0.15, 0.2) is 5.82 Å². The number of amides is 1. The zero-order valence-electron chi connectivity index (χ0n) is 17.4. The molecule has 2 aromatic carbocycles. The Bertz CT molecular complexity index is 1110. The molecule has 162 valence electrons. The smallest absolute Gasteiger partial charge is 0.287 e. The molecule has 0 spiro atoms. The van der Waals surface area contributed by atoms with Gasteiger partial charge >= 0.3 is 0 Å². The number of nitrogens with zero attached hydrogens (tertiary/aromatic N) is 4. The van der Waals surface area contributed by atoms with Crippen molar-refractivity contribution >= 4 is 23.4 Å². The second-order valence-electron chi connectivity index (χ2n) is 7.75. The molecule has 8 nitrogen and oxygen atoms in total. The first-order valence-electron chi connectivity index (χ1n) is 10.1. The van der Waals surface area contributed by atoms with E-state index in [-0.39, 0.29) is 29.1 Å². The monoisotopic (exact) mass is 439 g/mol. The van der Waals surface area contributed by atoms with E-state index in [1.54, 1.807) is 6.07 Å². The Morgan fingerprint density at radius 1 is 1.03 bits per heavy atom. The summed E-state index contributed by atoms with van der Waals surface area (Å²) in [6.07, 6.45) is 0. The van der Waals surface area contributed by atoms with E-state index in [1.807, 2.05) is 49.9 Å². The summed E-state index contributed by atoms with van der Waals surface area (Å²) in [5.74, 6) is 1.58. The SMILES string of the molecule is CC(C)c1cc(-c2nnc(C(N)=O)n2-c2ccc(N3CCSCC3)cc2)c(O)cc1O. The van der Waals surface area contributed by atoms with Gasteiger partial charge < -0.3 is 20.8 Å². The Kier molecular flexibility index (Phi) is 5.77. The quantitative estimate of drug-likeness (QED) is 0.559. The number of carbonyl (C=O) groups is 1. The molecule has 0 atom stereocenters. The molecule has 1 aliphatic heterocycles. The lowest BCUT2D eigenvalue weighted by Gasteiger charge is -2.28. The van der Waals surface area contributed by atoms with E-state index in [4.69, 9.17) is 5.73 Å². The molecule has 3 aromatic rings. The minimum absolute atomic E-state index is 0.00138. The van der Waals surface area contributed by atoms with Crippen LogP contribution in [0.2, 0.25) is 0 Å². The molecule has 2 heterocycles. The van der Waals surface area contributed by atoms with E-state index in [1.165, 1.54) is 10.6 Å². The molecule has 0 aliphatic carbocycles. The summed E-state index contributed by atoms with van der Waals surface area (Å²) in [6.45, 7) is 5.86. The van der Waals surface area contributed by atoms with Gasteiger partial charge in [0.25, 0.3) is 5.91 Å². The van der Waals surface area contributed by atoms with Crippen molar-refractivity contribution in [1.29, 1.82) is 0 Å². The first-order chi connectivity index (χ1) is 14.9. The largest absolute Gasteiger partial charge is 0.508 e. The molecular weight excluding hydrogens is 414 g/mol. The molecule has 9 heteroatoms. The third-order valence-electron chi connectivity index (χ3n) is 5.38. The normalized spacial score (nSPS) is 14.2. The minimum Gasteiger partial charge on any atom is -0.508 e. The Labute approximate surface area is 184 Å². The van der Waals surface area contributed by atoms with Crippen LogP contribution in [0, 0.1) is 0 Å². The maximum absolute atomic E-state index is 12.1. The molecule has 1 aliphatic rings. The fourth-order valence-electron chi connectivity index (χ4n) is 3.73. The van der Waals surface area contributed by atoms with E-state index < -0.39 is 5.91 Å². The summed E-state index contributed by atoms with van der Waals surface area (Å²) in [7, 11) is 0. The lowest BCUT2D eigenvalue weighted by atomic mass is 9.98. The molecule has 4 N–H and O–H groups in total. The molecule has 0 saturated carbocycles. The van der Waals surface area contributed by atoms with Crippen molar-refractivity contribution in [2.45, 2.75) is 19.8 Å². The van der Waals surface area contributed by atoms with Crippen LogP contribution in [-0.2, 0) is 0 Å². The average molecular weight is 440 g/mol. The van der Waals surface area contributed by atoms with E-state index >= 15 is 0 Å². The highest BCUT2D eigenvalue weighted by Crippen LogP contribution is 2.38. The van der Waals surface area contributed by atoms with Gasteiger partial charge in [0.1, 0.15) is 11.5 Å². The standard InChI is InChI=1S/C22H25N5O3S/c1-13(2)16-11-17(19(29)12-18(16)28)21-24-25-22(20(23)30)27(21)15-5-3-14(4-6-15)26-7-9-31-10-8-26/h3-6,11-13,28-29H,7-10H2,1-2H3,(H2,23,30). The summed E-state index contributed by atoms with van der Waals surface area (Å²) >= 11 is 1.95. The van der Waals surface area contributed by atoms with Crippen molar-refractivity contribution in [3.63, 3.8) is 0 Å². The molecule has 1 fully saturated rings. The first kappa shape index (κ1) is 21.0. The minimum atomic E-state index is -0.724. The number of thioether (sulfide) groups is 1. The lowest BCUT2D eigenvalue weighted by Crippen LogP contribution is -2.32. The Hall–Kier alpha value is -3.20. The highest BCUT2D eigenvalue weighted by atomic mass is 32.2. The zero-order chi connectivity index (χ0) is 22.1. The van der Waals surface area contributed by atoms with Gasteiger partial charge in [-0.05, 0) is 41.8 Å². The van der Waals surface area contributed by atoms with Crippen LogP contribution in [0.15, 0.2) is 36.4 Å². The molecule has 0 radical (unpaired) electrons. The van der Waals surface area contributed by atoms with E-state index in [2.05, 4.69) is 15.1 Å². The predicted octanol–water partition coefficient (Wildman–Crippen LogP) is 3.12.